The summed E-state index contributed by atoms with van der Waals surface area (Å²) in [4.78, 5) is 9.87. The van der Waals surface area contributed by atoms with E-state index in [0.29, 0.717) is 0 Å². The lowest BCUT2D eigenvalue weighted by Gasteiger charge is -2.21. The normalized spacial score (nSPS) is 13.8. The fourth-order valence-corrected chi connectivity index (χ4v) is 8.18. The van der Waals surface area contributed by atoms with Crippen LogP contribution in [0.3, 0.4) is 0 Å². The highest BCUT2D eigenvalue weighted by atomic mass is 32.2. The number of nitrogens with zero attached hydrogens (tertiary/aromatic N) is 5. The molecule has 6 rings (SSSR count). The summed E-state index contributed by atoms with van der Waals surface area (Å²) in [6, 6.07) is 21.3. The van der Waals surface area contributed by atoms with Gasteiger partial charge in [0, 0.05) is 18.0 Å². The van der Waals surface area contributed by atoms with E-state index in [1.54, 1.807) is 23.1 Å². The summed E-state index contributed by atoms with van der Waals surface area (Å²) in [6.45, 7) is 8.30. The van der Waals surface area contributed by atoms with Crippen molar-refractivity contribution in [1.82, 2.24) is 4.98 Å². The zero-order valence-electron chi connectivity index (χ0n) is 23.3. The second kappa shape index (κ2) is 9.78. The molecule has 0 radical (unpaired) electrons. The van der Waals surface area contributed by atoms with Crippen LogP contribution in [0.25, 0.3) is 38.1 Å². The number of hydrogen-bond acceptors (Lipinski definition) is 6. The maximum atomic E-state index is 9.74. The van der Waals surface area contributed by atoms with E-state index in [-0.39, 0.29) is 0 Å². The molecule has 3 aliphatic heterocycles. The van der Waals surface area contributed by atoms with E-state index >= 15 is 0 Å². The molecule has 0 unspecified atom stereocenters. The lowest BCUT2D eigenvalue weighted by atomic mass is 9.81. The van der Waals surface area contributed by atoms with Crippen molar-refractivity contribution >= 4 is 45.1 Å². The molecule has 5 nitrogen and oxygen atoms in total. The van der Waals surface area contributed by atoms with E-state index in [2.05, 4.69) is 104 Å². The SMILES string of the molecule is Cc1c(C)c(C(C#N)C#N)c(C)c(C)c1-c1c(C=C2Sc3ccccc3N2C)nc2[n+](C)c3ccccc3sc1-2. The number of thioether (sulfide) groups is 1. The highest BCUT2D eigenvalue weighted by Gasteiger charge is 2.35. The number of aromatic nitrogens is 2. The predicted molar refractivity (Wildman–Crippen MR) is 164 cm³/mol. The van der Waals surface area contributed by atoms with Gasteiger partial charge < -0.3 is 4.90 Å². The number of rotatable bonds is 3. The second-order valence-electron chi connectivity index (χ2n) is 10.2. The number of nitriles is 2. The van der Waals surface area contributed by atoms with E-state index < -0.39 is 5.92 Å². The number of aryl methyl sites for hydroxylation is 1. The Balaban J connectivity index is 1.69. The second-order valence-corrected chi connectivity index (χ2v) is 12.4. The average molecular weight is 559 g/mol. The van der Waals surface area contributed by atoms with Crippen LogP contribution in [0.4, 0.5) is 5.69 Å². The zero-order valence-corrected chi connectivity index (χ0v) is 25.0. The number of benzene rings is 3. The minimum atomic E-state index is -0.797. The Hall–Kier alpha value is -4.17. The van der Waals surface area contributed by atoms with Crippen LogP contribution < -0.4 is 9.47 Å². The van der Waals surface area contributed by atoms with Gasteiger partial charge in [0.1, 0.15) is 10.4 Å². The molecule has 0 amide bonds. The van der Waals surface area contributed by atoms with Gasteiger partial charge in [-0.15, -0.1) is 11.3 Å². The lowest BCUT2D eigenvalue weighted by molar-refractivity contribution is -0.635. The summed E-state index contributed by atoms with van der Waals surface area (Å²) in [5.74, 6) is 0.146. The molecule has 3 aromatic rings. The molecule has 0 bridgehead atoms. The van der Waals surface area contributed by atoms with Crippen molar-refractivity contribution in [2.45, 2.75) is 38.5 Å². The molecule has 7 heteroatoms. The smallest absolute Gasteiger partial charge is 0.338 e. The molecule has 0 fully saturated rings. The minimum absolute atomic E-state index is 0.797. The molecule has 0 aliphatic carbocycles. The van der Waals surface area contributed by atoms with Crippen LogP contribution in [0, 0.1) is 50.4 Å². The first-order valence-corrected chi connectivity index (χ1v) is 14.7. The molecule has 196 valence electrons. The maximum Gasteiger partial charge on any atom is 0.342 e. The summed E-state index contributed by atoms with van der Waals surface area (Å²) < 4.78 is 3.38. The summed E-state index contributed by atoms with van der Waals surface area (Å²) in [7, 11) is 4.19. The van der Waals surface area contributed by atoms with Gasteiger partial charge in [0.25, 0.3) is 0 Å². The van der Waals surface area contributed by atoms with Crippen LogP contribution in [-0.4, -0.2) is 12.0 Å². The Kier molecular flexibility index (Phi) is 6.38. The largest absolute Gasteiger partial charge is 0.342 e. The number of para-hydroxylation sites is 2. The third-order valence-corrected chi connectivity index (χ3v) is 10.5. The highest BCUT2D eigenvalue weighted by Crippen LogP contribution is 2.49. The van der Waals surface area contributed by atoms with E-state index in [4.69, 9.17) is 4.98 Å². The monoisotopic (exact) mass is 558 g/mol. The van der Waals surface area contributed by atoms with Gasteiger partial charge in [0.05, 0.1) is 40.2 Å². The number of anilines is 1. The van der Waals surface area contributed by atoms with Crippen LogP contribution in [0.2, 0.25) is 0 Å². The van der Waals surface area contributed by atoms with Crippen molar-refractivity contribution in [2.75, 3.05) is 11.9 Å². The van der Waals surface area contributed by atoms with Crippen molar-refractivity contribution in [3.63, 3.8) is 0 Å². The van der Waals surface area contributed by atoms with Crippen molar-refractivity contribution in [3.8, 4) is 34.0 Å². The predicted octanol–water partition coefficient (Wildman–Crippen LogP) is 7.80. The summed E-state index contributed by atoms with van der Waals surface area (Å²) in [6.07, 6.45) is 2.21. The van der Waals surface area contributed by atoms with Crippen molar-refractivity contribution in [3.05, 3.63) is 87.1 Å². The van der Waals surface area contributed by atoms with Gasteiger partial charge in [-0.25, -0.2) is 4.57 Å². The van der Waals surface area contributed by atoms with Crippen LogP contribution in [0.15, 0.2) is 58.5 Å². The van der Waals surface area contributed by atoms with Crippen molar-refractivity contribution in [1.29, 1.82) is 10.5 Å². The van der Waals surface area contributed by atoms with Gasteiger partial charge in [-0.2, -0.15) is 10.5 Å². The fourth-order valence-electron chi connectivity index (χ4n) is 5.83. The van der Waals surface area contributed by atoms with Crippen LogP contribution >= 0.6 is 23.1 Å². The molecule has 0 N–H and O–H groups in total. The van der Waals surface area contributed by atoms with E-state index in [1.165, 1.54) is 15.3 Å². The topological polar surface area (TPSA) is 67.6 Å². The molecule has 0 saturated carbocycles. The van der Waals surface area contributed by atoms with Gasteiger partial charge in [0.2, 0.25) is 0 Å². The first-order valence-electron chi connectivity index (χ1n) is 13.1. The van der Waals surface area contributed by atoms with Gasteiger partial charge in [-0.05, 0) is 90.3 Å². The molecule has 3 aliphatic rings. The van der Waals surface area contributed by atoms with Gasteiger partial charge >= 0.3 is 5.82 Å². The molecule has 0 spiro atoms. The standard InChI is InChI=1S/C33H28N5S2/c1-18-20(3)30(21(4)19(2)29(18)22(16-34)17-35)31-23(15-28-37(5)24-11-7-9-13-26(24)39-28)36-33-32(31)40-27-14-10-8-12-25(27)38(33)6/h7-15,22H,1-6H3/q+1. The molecule has 0 saturated heterocycles. The van der Waals surface area contributed by atoms with Crippen LogP contribution in [0.5, 0.6) is 0 Å². The van der Waals surface area contributed by atoms with E-state index in [9.17, 15) is 10.5 Å². The Morgan fingerprint density at radius 1 is 0.900 bits per heavy atom. The first kappa shape index (κ1) is 26.1. The number of hydrogen-bond donors (Lipinski definition) is 0. The third kappa shape index (κ3) is 3.81. The Labute approximate surface area is 243 Å². The van der Waals surface area contributed by atoms with Gasteiger partial charge in [0.15, 0.2) is 11.6 Å². The molecule has 0 atom stereocenters. The van der Waals surface area contributed by atoms with Crippen LogP contribution in [-0.2, 0) is 7.05 Å². The highest BCUT2D eigenvalue weighted by molar-refractivity contribution is 8.03. The Morgan fingerprint density at radius 2 is 1.55 bits per heavy atom. The molecular formula is C33H28N5S2+. The summed E-state index contributed by atoms with van der Waals surface area (Å²) in [5, 5.41) is 20.6. The maximum absolute atomic E-state index is 9.74. The third-order valence-electron chi connectivity index (χ3n) is 8.18. The van der Waals surface area contributed by atoms with Crippen LogP contribution in [0.1, 0.15) is 39.4 Å². The van der Waals surface area contributed by atoms with E-state index in [0.717, 1.165) is 65.9 Å². The minimum Gasteiger partial charge on any atom is -0.338 e. The summed E-state index contributed by atoms with van der Waals surface area (Å²) >= 11 is 3.52. The van der Waals surface area contributed by atoms with E-state index in [1.807, 2.05) is 13.8 Å². The average Bonchev–Trinajstić information content (AvgIpc) is 3.47. The first-order chi connectivity index (χ1) is 19.3. The molecule has 0 aromatic heterocycles. The quantitative estimate of drug-likeness (QED) is 0.211. The molecule has 3 heterocycles. The molecular weight excluding hydrogens is 531 g/mol. The van der Waals surface area contributed by atoms with Gasteiger partial charge in [-0.3, -0.25) is 0 Å². The lowest BCUT2D eigenvalue weighted by Crippen LogP contribution is -2.32. The van der Waals surface area contributed by atoms with Gasteiger partial charge in [-0.1, -0.05) is 36.0 Å². The number of fused-ring (bicyclic) bond motifs is 3. The summed E-state index contributed by atoms with van der Waals surface area (Å²) in [5.41, 5.74) is 10.5. The zero-order chi connectivity index (χ0) is 28.3. The van der Waals surface area contributed by atoms with Crippen molar-refractivity contribution < 1.29 is 4.57 Å². The fraction of sp³-hybridized carbons (Fsp3) is 0.212. The molecule has 40 heavy (non-hydrogen) atoms. The van der Waals surface area contributed by atoms with Crippen molar-refractivity contribution in [2.24, 2.45) is 7.05 Å². The Morgan fingerprint density at radius 3 is 2.23 bits per heavy atom. The molecule has 3 aromatic carbocycles. The Bertz CT molecular complexity index is 1890.